The quantitative estimate of drug-likeness (QED) is 0.803. The standard InChI is InChI=1S/C14H14BrNO3S/c1-18-14(17)9-19-11-4-2-10(3-5-11)16-8-13-12(15)6-7-20-13/h2-7,16H,8-9H2,1H3. The zero-order valence-electron chi connectivity index (χ0n) is 10.9. The minimum atomic E-state index is -0.394. The summed E-state index contributed by atoms with van der Waals surface area (Å²) in [6, 6.07) is 9.48. The number of hydrogen-bond donors (Lipinski definition) is 1. The van der Waals surface area contributed by atoms with Gasteiger partial charge in [0.05, 0.1) is 13.7 Å². The van der Waals surface area contributed by atoms with Gasteiger partial charge in [-0.05, 0) is 51.6 Å². The summed E-state index contributed by atoms with van der Waals surface area (Å²) in [6.07, 6.45) is 0. The highest BCUT2D eigenvalue weighted by atomic mass is 79.9. The topological polar surface area (TPSA) is 47.6 Å². The van der Waals surface area contributed by atoms with Gasteiger partial charge in [0, 0.05) is 15.0 Å². The molecule has 0 radical (unpaired) electrons. The molecule has 1 heterocycles. The number of nitrogens with one attached hydrogen (secondary N) is 1. The Morgan fingerprint density at radius 1 is 1.30 bits per heavy atom. The third-order valence-corrected chi connectivity index (χ3v) is 4.51. The molecule has 0 amide bonds. The Balaban J connectivity index is 1.85. The van der Waals surface area contributed by atoms with Gasteiger partial charge in [-0.1, -0.05) is 0 Å². The summed E-state index contributed by atoms with van der Waals surface area (Å²) in [6.45, 7) is 0.687. The van der Waals surface area contributed by atoms with E-state index in [-0.39, 0.29) is 6.61 Å². The zero-order valence-corrected chi connectivity index (χ0v) is 13.3. The first-order chi connectivity index (χ1) is 9.69. The van der Waals surface area contributed by atoms with Crippen LogP contribution in [-0.2, 0) is 16.1 Å². The molecule has 0 spiro atoms. The Hall–Kier alpha value is -1.53. The Morgan fingerprint density at radius 2 is 2.05 bits per heavy atom. The van der Waals surface area contributed by atoms with Crippen molar-refractivity contribution in [2.45, 2.75) is 6.54 Å². The van der Waals surface area contributed by atoms with Crippen LogP contribution in [0.2, 0.25) is 0 Å². The molecule has 0 aliphatic heterocycles. The van der Waals surface area contributed by atoms with Crippen molar-refractivity contribution >= 4 is 38.9 Å². The lowest BCUT2D eigenvalue weighted by molar-refractivity contribution is -0.142. The monoisotopic (exact) mass is 355 g/mol. The van der Waals surface area contributed by atoms with E-state index < -0.39 is 5.97 Å². The van der Waals surface area contributed by atoms with Gasteiger partial charge in [0.15, 0.2) is 6.61 Å². The van der Waals surface area contributed by atoms with Gasteiger partial charge < -0.3 is 14.8 Å². The summed E-state index contributed by atoms with van der Waals surface area (Å²) < 4.78 is 10.9. The molecule has 1 N–H and O–H groups in total. The van der Waals surface area contributed by atoms with Crippen LogP contribution < -0.4 is 10.1 Å². The van der Waals surface area contributed by atoms with E-state index in [1.54, 1.807) is 11.3 Å². The van der Waals surface area contributed by atoms with Crippen LogP contribution in [0.1, 0.15) is 4.88 Å². The minimum Gasteiger partial charge on any atom is -0.482 e. The summed E-state index contributed by atoms with van der Waals surface area (Å²) in [4.78, 5) is 12.2. The van der Waals surface area contributed by atoms with Crippen LogP contribution in [0, 0.1) is 0 Å². The van der Waals surface area contributed by atoms with Crippen molar-refractivity contribution < 1.29 is 14.3 Å². The van der Waals surface area contributed by atoms with Crippen LogP contribution in [0.3, 0.4) is 0 Å². The third kappa shape index (κ3) is 4.25. The Bertz CT molecular complexity index is 568. The SMILES string of the molecule is COC(=O)COc1ccc(NCc2sccc2Br)cc1. The second-order valence-corrected chi connectivity index (χ2v) is 5.79. The molecule has 4 nitrogen and oxygen atoms in total. The predicted molar refractivity (Wildman–Crippen MR) is 83.3 cm³/mol. The lowest BCUT2D eigenvalue weighted by Crippen LogP contribution is -2.12. The van der Waals surface area contributed by atoms with Crippen LogP contribution in [-0.4, -0.2) is 19.7 Å². The van der Waals surface area contributed by atoms with Gasteiger partial charge >= 0.3 is 5.97 Å². The van der Waals surface area contributed by atoms with Crippen molar-refractivity contribution in [1.29, 1.82) is 0 Å². The van der Waals surface area contributed by atoms with E-state index in [1.165, 1.54) is 12.0 Å². The van der Waals surface area contributed by atoms with Gasteiger partial charge in [0.2, 0.25) is 0 Å². The van der Waals surface area contributed by atoms with Crippen molar-refractivity contribution in [3.05, 3.63) is 45.1 Å². The normalized spacial score (nSPS) is 10.1. The van der Waals surface area contributed by atoms with E-state index in [0.717, 1.165) is 16.7 Å². The number of carbonyl (C=O) groups is 1. The first kappa shape index (κ1) is 14.9. The molecule has 1 aromatic carbocycles. The largest absolute Gasteiger partial charge is 0.482 e. The van der Waals surface area contributed by atoms with E-state index in [9.17, 15) is 4.79 Å². The molecule has 0 saturated heterocycles. The number of hydrogen-bond acceptors (Lipinski definition) is 5. The smallest absolute Gasteiger partial charge is 0.343 e. The average molecular weight is 356 g/mol. The van der Waals surface area contributed by atoms with Crippen LogP contribution in [0.15, 0.2) is 40.2 Å². The number of esters is 1. The first-order valence-electron chi connectivity index (χ1n) is 5.94. The van der Waals surface area contributed by atoms with Crippen LogP contribution >= 0.6 is 27.3 Å². The van der Waals surface area contributed by atoms with E-state index in [0.29, 0.717) is 5.75 Å². The second kappa shape index (κ2) is 7.31. The van der Waals surface area contributed by atoms with Crippen molar-refractivity contribution in [2.24, 2.45) is 0 Å². The van der Waals surface area contributed by atoms with Crippen LogP contribution in [0.25, 0.3) is 0 Å². The Labute approximate surface area is 129 Å². The molecular weight excluding hydrogens is 342 g/mol. The molecular formula is C14H14BrNO3S. The second-order valence-electron chi connectivity index (χ2n) is 3.93. The van der Waals surface area contributed by atoms with E-state index in [1.807, 2.05) is 35.7 Å². The first-order valence-corrected chi connectivity index (χ1v) is 7.61. The number of carbonyl (C=O) groups excluding carboxylic acids is 1. The van der Waals surface area contributed by atoms with Gasteiger partial charge in [0.25, 0.3) is 0 Å². The molecule has 0 unspecified atom stereocenters. The van der Waals surface area contributed by atoms with Gasteiger partial charge in [0.1, 0.15) is 5.75 Å². The predicted octanol–water partition coefficient (Wildman–Crippen LogP) is 3.67. The fourth-order valence-electron chi connectivity index (χ4n) is 1.50. The van der Waals surface area contributed by atoms with Crippen molar-refractivity contribution in [3.8, 4) is 5.75 Å². The lowest BCUT2D eigenvalue weighted by Gasteiger charge is -2.08. The van der Waals surface area contributed by atoms with Gasteiger partial charge in [-0.2, -0.15) is 0 Å². The maximum absolute atomic E-state index is 11.0. The highest BCUT2D eigenvalue weighted by Crippen LogP contribution is 2.24. The molecule has 1 aromatic heterocycles. The van der Waals surface area contributed by atoms with Crippen molar-refractivity contribution in [3.63, 3.8) is 0 Å². The van der Waals surface area contributed by atoms with Gasteiger partial charge in [-0.3, -0.25) is 0 Å². The molecule has 0 fully saturated rings. The molecule has 0 atom stereocenters. The fourth-order valence-corrected chi connectivity index (χ4v) is 2.94. The number of methoxy groups -OCH3 is 1. The number of benzene rings is 1. The molecule has 20 heavy (non-hydrogen) atoms. The van der Waals surface area contributed by atoms with Crippen molar-refractivity contribution in [2.75, 3.05) is 19.0 Å². The number of thiophene rings is 1. The molecule has 6 heteroatoms. The van der Waals surface area contributed by atoms with Crippen molar-refractivity contribution in [1.82, 2.24) is 0 Å². The van der Waals surface area contributed by atoms with E-state index in [2.05, 4.69) is 26.0 Å². The molecule has 0 aliphatic rings. The highest BCUT2D eigenvalue weighted by Gasteiger charge is 2.03. The van der Waals surface area contributed by atoms with E-state index >= 15 is 0 Å². The molecule has 0 aliphatic carbocycles. The van der Waals surface area contributed by atoms with E-state index in [4.69, 9.17) is 4.74 Å². The number of rotatable bonds is 6. The summed E-state index contributed by atoms with van der Waals surface area (Å²) in [7, 11) is 1.33. The fraction of sp³-hybridized carbons (Fsp3) is 0.214. The lowest BCUT2D eigenvalue weighted by atomic mass is 10.3. The Morgan fingerprint density at radius 3 is 2.65 bits per heavy atom. The summed E-state index contributed by atoms with van der Waals surface area (Å²) in [5, 5.41) is 5.37. The zero-order chi connectivity index (χ0) is 14.4. The highest BCUT2D eigenvalue weighted by molar-refractivity contribution is 9.10. The number of ether oxygens (including phenoxy) is 2. The Kier molecular flexibility index (Phi) is 5.43. The van der Waals surface area contributed by atoms with Gasteiger partial charge in [-0.15, -0.1) is 11.3 Å². The number of anilines is 1. The molecule has 2 rings (SSSR count). The van der Waals surface area contributed by atoms with Gasteiger partial charge in [-0.25, -0.2) is 4.79 Å². The maximum Gasteiger partial charge on any atom is 0.343 e. The summed E-state index contributed by atoms with van der Waals surface area (Å²) in [5.41, 5.74) is 0.996. The molecule has 106 valence electrons. The van der Waals surface area contributed by atoms with Crippen LogP contribution in [0.5, 0.6) is 5.75 Å². The summed E-state index contributed by atoms with van der Waals surface area (Å²) in [5.74, 6) is 0.244. The minimum absolute atomic E-state index is 0.0780. The van der Waals surface area contributed by atoms with Crippen LogP contribution in [0.4, 0.5) is 5.69 Å². The summed E-state index contributed by atoms with van der Waals surface area (Å²) >= 11 is 5.20. The average Bonchev–Trinajstić information content (AvgIpc) is 2.89. The third-order valence-electron chi connectivity index (χ3n) is 2.58. The maximum atomic E-state index is 11.0. The number of halogens is 1. The molecule has 2 aromatic rings. The molecule has 0 bridgehead atoms. The molecule has 0 saturated carbocycles.